The molecule has 0 aliphatic carbocycles. The number of amides is 3. The number of nitrogens with one attached hydrogen (secondary N) is 2. The van der Waals surface area contributed by atoms with Crippen LogP contribution >= 0.6 is 0 Å². The van der Waals surface area contributed by atoms with Gasteiger partial charge in [-0.2, -0.15) is 0 Å². The number of benzene rings is 1. The molecule has 2 fully saturated rings. The number of ether oxygens (including phenoxy) is 2. The van der Waals surface area contributed by atoms with Crippen molar-refractivity contribution >= 4 is 17.6 Å². The van der Waals surface area contributed by atoms with Crippen molar-refractivity contribution in [1.82, 2.24) is 10.2 Å². The summed E-state index contributed by atoms with van der Waals surface area (Å²) in [6.45, 7) is 5.54. The normalized spacial score (nSPS) is 24.5. The summed E-state index contributed by atoms with van der Waals surface area (Å²) in [5, 5.41) is 5.95. The van der Waals surface area contributed by atoms with E-state index in [0.29, 0.717) is 36.2 Å². The van der Waals surface area contributed by atoms with E-state index in [9.17, 15) is 9.59 Å². The molecule has 1 atom stereocenters. The molecule has 25 heavy (non-hydrogen) atoms. The summed E-state index contributed by atoms with van der Waals surface area (Å²) in [7, 11) is 0. The van der Waals surface area contributed by atoms with Crippen LogP contribution in [0.25, 0.3) is 0 Å². The number of piperidine rings is 1. The first kappa shape index (κ1) is 16.1. The zero-order valence-electron chi connectivity index (χ0n) is 14.5. The van der Waals surface area contributed by atoms with Crippen molar-refractivity contribution in [3.8, 4) is 11.5 Å². The molecule has 4 rings (SSSR count). The highest BCUT2D eigenvalue weighted by atomic mass is 16.7. The number of nitrogens with zero attached hydrogens (tertiary/aromatic N) is 1. The molecule has 7 nitrogen and oxygen atoms in total. The Labute approximate surface area is 146 Å². The van der Waals surface area contributed by atoms with Crippen molar-refractivity contribution in [1.29, 1.82) is 0 Å². The topological polar surface area (TPSA) is 79.9 Å². The molecule has 7 heteroatoms. The summed E-state index contributed by atoms with van der Waals surface area (Å²) >= 11 is 0. The fourth-order valence-corrected chi connectivity index (χ4v) is 3.94. The van der Waals surface area contributed by atoms with Gasteiger partial charge in [0.25, 0.3) is 0 Å². The summed E-state index contributed by atoms with van der Waals surface area (Å²) in [5.41, 5.74) is 0.339. The Morgan fingerprint density at radius 1 is 1.28 bits per heavy atom. The monoisotopic (exact) mass is 345 g/mol. The van der Waals surface area contributed by atoms with Crippen molar-refractivity contribution in [3.63, 3.8) is 0 Å². The lowest BCUT2D eigenvalue weighted by Gasteiger charge is -2.50. The Morgan fingerprint density at radius 3 is 2.72 bits per heavy atom. The Balaban J connectivity index is 1.35. The van der Waals surface area contributed by atoms with Crippen molar-refractivity contribution < 1.29 is 19.1 Å². The molecule has 2 saturated heterocycles. The lowest BCUT2D eigenvalue weighted by atomic mass is 9.68. The van der Waals surface area contributed by atoms with E-state index in [-0.39, 0.29) is 30.2 Å². The van der Waals surface area contributed by atoms with E-state index in [0.717, 1.165) is 12.8 Å². The number of likely N-dealkylation sites (tertiary alicyclic amines) is 1. The van der Waals surface area contributed by atoms with Crippen LogP contribution < -0.4 is 20.1 Å². The number of rotatable bonds is 2. The fraction of sp³-hybridized carbons (Fsp3) is 0.556. The highest BCUT2D eigenvalue weighted by Gasteiger charge is 2.51. The Bertz CT molecular complexity index is 710. The molecule has 0 aromatic heterocycles. The van der Waals surface area contributed by atoms with E-state index in [2.05, 4.69) is 10.6 Å². The fourth-order valence-electron chi connectivity index (χ4n) is 3.94. The van der Waals surface area contributed by atoms with Gasteiger partial charge in [0.1, 0.15) is 0 Å². The Morgan fingerprint density at radius 2 is 2.04 bits per heavy atom. The first-order chi connectivity index (χ1) is 12.0. The van der Waals surface area contributed by atoms with Crippen LogP contribution in [0.5, 0.6) is 11.5 Å². The highest BCUT2D eigenvalue weighted by molar-refractivity contribution is 5.92. The van der Waals surface area contributed by atoms with E-state index in [4.69, 9.17) is 9.47 Å². The minimum absolute atomic E-state index is 0.123. The van der Waals surface area contributed by atoms with Crippen molar-refractivity contribution in [2.24, 2.45) is 11.3 Å². The van der Waals surface area contributed by atoms with Gasteiger partial charge in [0.2, 0.25) is 12.7 Å². The molecule has 1 aromatic carbocycles. The molecule has 2 N–H and O–H groups in total. The van der Waals surface area contributed by atoms with Crippen LogP contribution in [0.15, 0.2) is 18.2 Å². The molecule has 3 heterocycles. The number of β-lactam (4-membered cyclic amide) rings is 1. The standard InChI is InChI=1S/C18H23N3O4/c1-18(2)15(20-16(18)22)11-6-8-21(9-7-11)17(23)19-12-4-3-5-13-14(12)25-10-24-13/h3-5,11,15H,6-10H2,1-2H3,(H,19,23)(H,20,22). The van der Waals surface area contributed by atoms with E-state index in [1.165, 1.54) is 0 Å². The average Bonchev–Trinajstić information content (AvgIpc) is 3.09. The third kappa shape index (κ3) is 2.67. The van der Waals surface area contributed by atoms with Crippen LogP contribution in [0.4, 0.5) is 10.5 Å². The van der Waals surface area contributed by atoms with E-state index >= 15 is 0 Å². The minimum atomic E-state index is -0.295. The number of hydrogen-bond donors (Lipinski definition) is 2. The summed E-state index contributed by atoms with van der Waals surface area (Å²) in [6.07, 6.45) is 1.79. The first-order valence-corrected chi connectivity index (χ1v) is 8.72. The van der Waals surface area contributed by atoms with Gasteiger partial charge in [-0.3, -0.25) is 4.79 Å². The second kappa shape index (κ2) is 5.82. The largest absolute Gasteiger partial charge is 0.454 e. The van der Waals surface area contributed by atoms with Crippen LogP contribution in [-0.2, 0) is 4.79 Å². The van der Waals surface area contributed by atoms with Gasteiger partial charge in [-0.15, -0.1) is 0 Å². The Hall–Kier alpha value is -2.44. The molecular weight excluding hydrogens is 322 g/mol. The number of urea groups is 1. The van der Waals surface area contributed by atoms with Crippen molar-refractivity contribution in [2.75, 3.05) is 25.2 Å². The zero-order valence-corrected chi connectivity index (χ0v) is 14.5. The predicted molar refractivity (Wildman–Crippen MR) is 91.6 cm³/mol. The van der Waals surface area contributed by atoms with Crippen LogP contribution in [0, 0.1) is 11.3 Å². The number of carbonyl (C=O) groups excluding carboxylic acids is 2. The van der Waals surface area contributed by atoms with Crippen LogP contribution in [0.1, 0.15) is 26.7 Å². The first-order valence-electron chi connectivity index (χ1n) is 8.72. The molecule has 0 bridgehead atoms. The maximum atomic E-state index is 12.6. The van der Waals surface area contributed by atoms with E-state index in [1.807, 2.05) is 36.9 Å². The summed E-state index contributed by atoms with van der Waals surface area (Å²) in [4.78, 5) is 26.0. The quantitative estimate of drug-likeness (QED) is 0.805. The van der Waals surface area contributed by atoms with Gasteiger partial charge < -0.3 is 25.0 Å². The molecule has 0 saturated carbocycles. The lowest BCUT2D eigenvalue weighted by Crippen LogP contribution is -2.68. The summed E-state index contributed by atoms with van der Waals surface area (Å²) in [5.74, 6) is 1.79. The molecule has 134 valence electrons. The third-order valence-corrected chi connectivity index (χ3v) is 5.59. The number of fused-ring (bicyclic) bond motifs is 1. The van der Waals surface area contributed by atoms with Crippen LogP contribution in [0.2, 0.25) is 0 Å². The van der Waals surface area contributed by atoms with Gasteiger partial charge >= 0.3 is 6.03 Å². The molecule has 1 aromatic rings. The number of carbonyl (C=O) groups is 2. The van der Waals surface area contributed by atoms with Gasteiger partial charge in [0.15, 0.2) is 11.5 Å². The smallest absolute Gasteiger partial charge is 0.321 e. The molecule has 3 aliphatic rings. The molecular formula is C18H23N3O4. The highest BCUT2D eigenvalue weighted by Crippen LogP contribution is 2.40. The van der Waals surface area contributed by atoms with Gasteiger partial charge in [0.05, 0.1) is 11.1 Å². The minimum Gasteiger partial charge on any atom is -0.454 e. The van der Waals surface area contributed by atoms with Gasteiger partial charge in [-0.25, -0.2) is 4.79 Å². The van der Waals surface area contributed by atoms with Crippen molar-refractivity contribution in [3.05, 3.63) is 18.2 Å². The molecule has 0 radical (unpaired) electrons. The maximum Gasteiger partial charge on any atom is 0.321 e. The molecule has 3 aliphatic heterocycles. The zero-order chi connectivity index (χ0) is 17.6. The van der Waals surface area contributed by atoms with E-state index in [1.54, 1.807) is 0 Å². The van der Waals surface area contributed by atoms with Crippen molar-refractivity contribution in [2.45, 2.75) is 32.7 Å². The summed E-state index contributed by atoms with van der Waals surface area (Å²) < 4.78 is 10.8. The number of hydrogen-bond acceptors (Lipinski definition) is 4. The number of para-hydroxylation sites is 1. The van der Waals surface area contributed by atoms with Gasteiger partial charge in [-0.05, 0) is 44.7 Å². The molecule has 0 spiro atoms. The van der Waals surface area contributed by atoms with Crippen LogP contribution in [0.3, 0.4) is 0 Å². The van der Waals surface area contributed by atoms with Gasteiger partial charge in [-0.1, -0.05) is 6.07 Å². The van der Waals surface area contributed by atoms with Crippen LogP contribution in [-0.4, -0.2) is 42.8 Å². The predicted octanol–water partition coefficient (Wildman–Crippen LogP) is 2.18. The molecule has 3 amide bonds. The third-order valence-electron chi connectivity index (χ3n) is 5.59. The lowest BCUT2D eigenvalue weighted by molar-refractivity contribution is -0.146. The average molecular weight is 345 g/mol. The summed E-state index contributed by atoms with van der Waals surface area (Å²) in [6, 6.07) is 5.55. The second-order valence-electron chi connectivity index (χ2n) is 7.47. The Kier molecular flexibility index (Phi) is 3.74. The molecule has 1 unspecified atom stereocenters. The maximum absolute atomic E-state index is 12.6. The SMILES string of the molecule is CC1(C)C(=O)NC1C1CCN(C(=O)Nc2cccc3c2OCO3)CC1. The van der Waals surface area contributed by atoms with Gasteiger partial charge in [0, 0.05) is 19.1 Å². The van der Waals surface area contributed by atoms with E-state index < -0.39 is 0 Å². The number of anilines is 1. The second-order valence-corrected chi connectivity index (χ2v) is 7.47.